The van der Waals surface area contributed by atoms with Gasteiger partial charge in [0.25, 0.3) is 0 Å². The molecule has 6 heteroatoms. The van der Waals surface area contributed by atoms with Crippen molar-refractivity contribution in [3.63, 3.8) is 0 Å². The van der Waals surface area contributed by atoms with E-state index < -0.39 is 0 Å². The molecule has 1 fully saturated rings. The second-order valence-corrected chi connectivity index (χ2v) is 7.83. The Morgan fingerprint density at radius 3 is 2.28 bits per heavy atom. The minimum absolute atomic E-state index is 0.0860. The van der Waals surface area contributed by atoms with E-state index in [1.165, 1.54) is 11.1 Å². The Balaban J connectivity index is 1.69. The number of rotatable bonds is 4. The van der Waals surface area contributed by atoms with Gasteiger partial charge in [-0.2, -0.15) is 0 Å². The molecule has 2 heterocycles. The molecule has 2 aliphatic rings. The van der Waals surface area contributed by atoms with E-state index in [2.05, 4.69) is 47.6 Å². The van der Waals surface area contributed by atoms with E-state index in [1.54, 1.807) is 14.2 Å². The van der Waals surface area contributed by atoms with Crippen LogP contribution in [0.2, 0.25) is 0 Å². The Kier molecular flexibility index (Phi) is 5.65. The number of hydrogen-bond acceptors (Lipinski definition) is 4. The van der Waals surface area contributed by atoms with Crippen LogP contribution >= 0.6 is 12.2 Å². The number of ether oxygens (including phenoxy) is 2. The molecule has 150 valence electrons. The number of thiocarbonyl (C=S) groups is 1. The van der Waals surface area contributed by atoms with Crippen LogP contribution in [0, 0.1) is 5.92 Å². The SMILES string of the molecule is COc1ccc(/C=C2\CN(C)CC3C2=NC(=S)NC3c2ccc(OC)cc2)cc1. The van der Waals surface area contributed by atoms with E-state index in [0.717, 1.165) is 35.9 Å². The number of piperidine rings is 1. The summed E-state index contributed by atoms with van der Waals surface area (Å²) >= 11 is 5.50. The van der Waals surface area contributed by atoms with Crippen LogP contribution in [0.25, 0.3) is 6.08 Å². The number of likely N-dealkylation sites (N-methyl/N-ethyl adjacent to an activating group) is 1. The summed E-state index contributed by atoms with van der Waals surface area (Å²) in [7, 11) is 5.51. The monoisotopic (exact) mass is 407 g/mol. The molecule has 2 aromatic rings. The van der Waals surface area contributed by atoms with Gasteiger partial charge >= 0.3 is 0 Å². The summed E-state index contributed by atoms with van der Waals surface area (Å²) in [6.45, 7) is 1.77. The molecule has 0 aliphatic carbocycles. The molecule has 29 heavy (non-hydrogen) atoms. The van der Waals surface area contributed by atoms with Crippen molar-refractivity contribution >= 4 is 29.1 Å². The maximum atomic E-state index is 5.50. The summed E-state index contributed by atoms with van der Waals surface area (Å²) in [5.41, 5.74) is 4.60. The third kappa shape index (κ3) is 4.18. The van der Waals surface area contributed by atoms with Crippen LogP contribution in [0.5, 0.6) is 11.5 Å². The molecule has 0 aromatic heterocycles. The molecule has 2 unspecified atom stereocenters. The topological polar surface area (TPSA) is 46.1 Å². The van der Waals surface area contributed by atoms with Crippen molar-refractivity contribution in [1.82, 2.24) is 10.2 Å². The molecule has 1 saturated heterocycles. The van der Waals surface area contributed by atoms with Gasteiger partial charge < -0.3 is 19.7 Å². The zero-order valence-corrected chi connectivity index (χ0v) is 17.7. The summed E-state index contributed by atoms with van der Waals surface area (Å²) in [5, 5.41) is 3.97. The molecular weight excluding hydrogens is 382 g/mol. The summed E-state index contributed by atoms with van der Waals surface area (Å²) in [5.74, 6) is 1.92. The number of fused-ring (bicyclic) bond motifs is 1. The first-order chi connectivity index (χ1) is 14.1. The van der Waals surface area contributed by atoms with Gasteiger partial charge in [-0.3, -0.25) is 0 Å². The number of aliphatic imine (C=N–C) groups is 1. The molecule has 1 N–H and O–H groups in total. The average Bonchev–Trinajstić information content (AvgIpc) is 2.74. The number of methoxy groups -OCH3 is 2. The highest BCUT2D eigenvalue weighted by Gasteiger charge is 2.37. The fourth-order valence-electron chi connectivity index (χ4n) is 4.04. The number of benzene rings is 2. The Morgan fingerprint density at radius 2 is 1.66 bits per heavy atom. The lowest BCUT2D eigenvalue weighted by Gasteiger charge is -2.41. The maximum absolute atomic E-state index is 5.50. The first-order valence-electron chi connectivity index (χ1n) is 9.64. The third-order valence-corrected chi connectivity index (χ3v) is 5.67. The Hall–Kier alpha value is -2.70. The standard InChI is InChI=1S/C23H25N3O2S/c1-26-13-17(12-15-4-8-18(27-2)9-5-15)22-20(14-26)21(24-23(29)25-22)16-6-10-19(28-3)11-7-16/h4-12,20-21H,13-14H2,1-3H3,(H,24,29)/b17-12+. The van der Waals surface area contributed by atoms with Gasteiger partial charge in [-0.25, -0.2) is 4.99 Å². The van der Waals surface area contributed by atoms with Gasteiger partial charge in [-0.1, -0.05) is 24.3 Å². The highest BCUT2D eigenvalue weighted by Crippen LogP contribution is 2.34. The predicted molar refractivity (Wildman–Crippen MR) is 121 cm³/mol. The number of likely N-dealkylation sites (tertiary alicyclic amines) is 1. The van der Waals surface area contributed by atoms with Gasteiger partial charge in [0.05, 0.1) is 26.0 Å². The van der Waals surface area contributed by atoms with Crippen molar-refractivity contribution in [1.29, 1.82) is 0 Å². The van der Waals surface area contributed by atoms with E-state index in [0.29, 0.717) is 5.11 Å². The summed E-state index contributed by atoms with van der Waals surface area (Å²) < 4.78 is 10.6. The van der Waals surface area contributed by atoms with Crippen molar-refractivity contribution in [2.75, 3.05) is 34.4 Å². The van der Waals surface area contributed by atoms with Gasteiger partial charge in [0.1, 0.15) is 11.5 Å². The van der Waals surface area contributed by atoms with Gasteiger partial charge in [0.15, 0.2) is 5.11 Å². The second kappa shape index (κ2) is 8.35. The van der Waals surface area contributed by atoms with E-state index in [-0.39, 0.29) is 12.0 Å². The minimum Gasteiger partial charge on any atom is -0.497 e. The van der Waals surface area contributed by atoms with E-state index in [1.807, 2.05) is 24.3 Å². The lowest BCUT2D eigenvalue weighted by atomic mass is 9.81. The minimum atomic E-state index is 0.0860. The first-order valence-corrected chi connectivity index (χ1v) is 10.0. The Labute approximate surface area is 177 Å². The lowest BCUT2D eigenvalue weighted by molar-refractivity contribution is 0.286. The molecule has 2 aliphatic heterocycles. The van der Waals surface area contributed by atoms with Crippen molar-refractivity contribution in [2.45, 2.75) is 6.04 Å². The smallest absolute Gasteiger partial charge is 0.193 e. The highest BCUT2D eigenvalue weighted by atomic mass is 32.1. The van der Waals surface area contributed by atoms with Crippen molar-refractivity contribution < 1.29 is 9.47 Å². The van der Waals surface area contributed by atoms with Gasteiger partial charge in [0, 0.05) is 19.0 Å². The Morgan fingerprint density at radius 1 is 1.03 bits per heavy atom. The number of nitrogens with one attached hydrogen (secondary N) is 1. The zero-order chi connectivity index (χ0) is 20.4. The normalized spacial score (nSPS) is 23.2. The molecule has 0 spiro atoms. The molecular formula is C23H25N3O2S. The predicted octanol–water partition coefficient (Wildman–Crippen LogP) is 3.72. The molecule has 0 bridgehead atoms. The number of hydrogen-bond donors (Lipinski definition) is 1. The van der Waals surface area contributed by atoms with E-state index in [4.69, 9.17) is 26.7 Å². The quantitative estimate of drug-likeness (QED) is 0.783. The van der Waals surface area contributed by atoms with Gasteiger partial charge in [0.2, 0.25) is 0 Å². The molecule has 5 nitrogen and oxygen atoms in total. The molecule has 2 aromatic carbocycles. The van der Waals surface area contributed by atoms with Gasteiger partial charge in [-0.15, -0.1) is 0 Å². The molecule has 0 amide bonds. The van der Waals surface area contributed by atoms with Crippen LogP contribution in [0.3, 0.4) is 0 Å². The van der Waals surface area contributed by atoms with Crippen LogP contribution in [0.15, 0.2) is 59.1 Å². The van der Waals surface area contributed by atoms with Crippen LogP contribution in [0.4, 0.5) is 0 Å². The average molecular weight is 408 g/mol. The second-order valence-electron chi connectivity index (χ2n) is 7.44. The van der Waals surface area contributed by atoms with Crippen LogP contribution < -0.4 is 14.8 Å². The summed E-state index contributed by atoms with van der Waals surface area (Å²) in [6, 6.07) is 16.4. The first kappa shape index (κ1) is 19.6. The maximum Gasteiger partial charge on any atom is 0.193 e. The molecule has 2 atom stereocenters. The van der Waals surface area contributed by atoms with Crippen molar-refractivity contribution in [3.8, 4) is 11.5 Å². The van der Waals surface area contributed by atoms with E-state index >= 15 is 0 Å². The largest absolute Gasteiger partial charge is 0.497 e. The van der Waals surface area contributed by atoms with Crippen LogP contribution in [0.1, 0.15) is 17.2 Å². The van der Waals surface area contributed by atoms with E-state index in [9.17, 15) is 0 Å². The lowest BCUT2D eigenvalue weighted by Crippen LogP contribution is -2.50. The molecule has 0 radical (unpaired) electrons. The fourth-order valence-corrected chi connectivity index (χ4v) is 4.26. The van der Waals surface area contributed by atoms with Crippen LogP contribution in [-0.4, -0.2) is 50.1 Å². The Bertz CT molecular complexity index is 951. The van der Waals surface area contributed by atoms with Crippen molar-refractivity contribution in [3.05, 3.63) is 65.2 Å². The summed E-state index contributed by atoms with van der Waals surface area (Å²) in [4.78, 5) is 7.09. The molecule has 0 saturated carbocycles. The van der Waals surface area contributed by atoms with Gasteiger partial charge in [-0.05, 0) is 66.3 Å². The summed E-state index contributed by atoms with van der Waals surface area (Å²) in [6.07, 6.45) is 2.21. The fraction of sp³-hybridized carbons (Fsp3) is 0.304. The third-order valence-electron chi connectivity index (χ3n) is 5.46. The highest BCUT2D eigenvalue weighted by molar-refractivity contribution is 7.80. The molecule has 4 rings (SSSR count). The number of nitrogens with zero attached hydrogens (tertiary/aromatic N) is 2. The van der Waals surface area contributed by atoms with Crippen molar-refractivity contribution in [2.24, 2.45) is 10.9 Å². The van der Waals surface area contributed by atoms with Crippen LogP contribution in [-0.2, 0) is 0 Å². The zero-order valence-electron chi connectivity index (χ0n) is 16.9.